The lowest BCUT2D eigenvalue weighted by atomic mass is 9.97. The number of aromatic nitrogens is 2. The van der Waals surface area contributed by atoms with Crippen LogP contribution in [-0.2, 0) is 9.59 Å². The maximum Gasteiger partial charge on any atom is 0.266 e. The van der Waals surface area contributed by atoms with Gasteiger partial charge in [0.1, 0.15) is 5.75 Å². The van der Waals surface area contributed by atoms with Gasteiger partial charge in [0.05, 0.1) is 29.0 Å². The first kappa shape index (κ1) is 22.8. The molecule has 172 valence electrons. The second-order valence-electron chi connectivity index (χ2n) is 7.74. The van der Waals surface area contributed by atoms with E-state index in [0.717, 1.165) is 0 Å². The molecule has 0 spiro atoms. The summed E-state index contributed by atoms with van der Waals surface area (Å²) >= 11 is 1.19. The number of para-hydroxylation sites is 1. The third kappa shape index (κ3) is 5.03. The molecule has 1 aromatic heterocycles. The molecule has 4 rings (SSSR count). The predicted octanol–water partition coefficient (Wildman–Crippen LogP) is 1.86. The van der Waals surface area contributed by atoms with Crippen molar-refractivity contribution in [1.29, 1.82) is 0 Å². The van der Waals surface area contributed by atoms with E-state index in [1.165, 1.54) is 16.3 Å². The summed E-state index contributed by atoms with van der Waals surface area (Å²) in [5.74, 6) is -0.882. The lowest BCUT2D eigenvalue weighted by molar-refractivity contribution is -0.312. The lowest BCUT2D eigenvalue weighted by Crippen LogP contribution is -2.44. The Bertz CT molecular complexity index is 1220. The molecule has 2 heterocycles. The smallest absolute Gasteiger partial charge is 0.266 e. The van der Waals surface area contributed by atoms with E-state index >= 15 is 0 Å². The molecular formula is C24H24N3O5S-. The van der Waals surface area contributed by atoms with Crippen molar-refractivity contribution in [1.82, 2.24) is 14.5 Å². The van der Waals surface area contributed by atoms with Crippen LogP contribution in [0.25, 0.3) is 16.6 Å². The van der Waals surface area contributed by atoms with E-state index in [1.54, 1.807) is 47.4 Å². The molecule has 0 N–H and O–H groups in total. The van der Waals surface area contributed by atoms with Gasteiger partial charge in [0.25, 0.3) is 5.56 Å². The van der Waals surface area contributed by atoms with E-state index in [4.69, 9.17) is 4.74 Å². The zero-order valence-corrected chi connectivity index (χ0v) is 19.0. The molecule has 1 amide bonds. The fourth-order valence-electron chi connectivity index (χ4n) is 3.88. The molecule has 0 bridgehead atoms. The van der Waals surface area contributed by atoms with Crippen LogP contribution in [0.1, 0.15) is 19.8 Å². The number of thioether (sulfide) groups is 1. The third-order valence-corrected chi connectivity index (χ3v) is 6.58. The van der Waals surface area contributed by atoms with E-state index in [0.29, 0.717) is 60.0 Å². The number of piperidine rings is 1. The normalized spacial score (nSPS) is 14.4. The largest absolute Gasteiger partial charge is 0.550 e. The van der Waals surface area contributed by atoms with Crippen LogP contribution in [0.5, 0.6) is 5.75 Å². The fourth-order valence-corrected chi connectivity index (χ4v) is 4.79. The van der Waals surface area contributed by atoms with Gasteiger partial charge in [0.2, 0.25) is 5.91 Å². The maximum absolute atomic E-state index is 13.3. The summed E-state index contributed by atoms with van der Waals surface area (Å²) in [6, 6.07) is 14.3. The molecule has 8 nitrogen and oxygen atoms in total. The van der Waals surface area contributed by atoms with Gasteiger partial charge >= 0.3 is 0 Å². The summed E-state index contributed by atoms with van der Waals surface area (Å²) in [5.41, 5.74) is 0.982. The Morgan fingerprint density at radius 1 is 1.12 bits per heavy atom. The summed E-state index contributed by atoms with van der Waals surface area (Å²) < 4.78 is 7.01. The Kier molecular flexibility index (Phi) is 6.98. The van der Waals surface area contributed by atoms with Crippen molar-refractivity contribution in [3.05, 3.63) is 58.9 Å². The van der Waals surface area contributed by atoms with Gasteiger partial charge in [-0.15, -0.1) is 0 Å². The summed E-state index contributed by atoms with van der Waals surface area (Å²) in [6.07, 6.45) is 0.785. The molecule has 9 heteroatoms. The molecular weight excluding hydrogens is 442 g/mol. The molecule has 1 aliphatic heterocycles. The number of aliphatic carboxylic acids is 1. The standard InChI is InChI=1S/C24H25N3O5S/c1-2-32-18-9-7-17(8-10-18)27-22(29)19-5-3-4-6-20(19)25-24(27)33-15-21(28)26-13-11-16(12-14-26)23(30)31/h3-10,16H,2,11-15H2,1H3,(H,30,31)/p-1. The molecule has 1 aliphatic rings. The zero-order valence-electron chi connectivity index (χ0n) is 18.2. The Morgan fingerprint density at radius 2 is 1.82 bits per heavy atom. The van der Waals surface area contributed by atoms with Crippen molar-refractivity contribution >= 4 is 34.5 Å². The maximum atomic E-state index is 13.3. The van der Waals surface area contributed by atoms with Crippen LogP contribution < -0.4 is 15.4 Å². The SMILES string of the molecule is CCOc1ccc(-n2c(SCC(=O)N3CCC(C(=O)[O-])CC3)nc3ccccc3c2=O)cc1. The first-order chi connectivity index (χ1) is 16.0. The molecule has 0 radical (unpaired) electrons. The molecule has 0 unspecified atom stereocenters. The van der Waals surface area contributed by atoms with Gasteiger partial charge in [-0.05, 0) is 56.2 Å². The van der Waals surface area contributed by atoms with Crippen LogP contribution in [0.3, 0.4) is 0 Å². The minimum absolute atomic E-state index is 0.0950. The molecule has 1 saturated heterocycles. The second-order valence-corrected chi connectivity index (χ2v) is 8.68. The van der Waals surface area contributed by atoms with E-state index in [-0.39, 0.29) is 17.2 Å². The summed E-state index contributed by atoms with van der Waals surface area (Å²) in [6.45, 7) is 3.21. The van der Waals surface area contributed by atoms with Gasteiger partial charge in [0.15, 0.2) is 5.16 Å². The highest BCUT2D eigenvalue weighted by atomic mass is 32.2. The average molecular weight is 467 g/mol. The number of nitrogens with zero attached hydrogens (tertiary/aromatic N) is 3. The molecule has 1 fully saturated rings. The quantitative estimate of drug-likeness (QED) is 0.387. The highest BCUT2D eigenvalue weighted by molar-refractivity contribution is 7.99. The van der Waals surface area contributed by atoms with Crippen LogP contribution in [0.4, 0.5) is 0 Å². The first-order valence-electron chi connectivity index (χ1n) is 10.8. The van der Waals surface area contributed by atoms with Gasteiger partial charge in [-0.25, -0.2) is 4.98 Å². The number of fused-ring (bicyclic) bond motifs is 1. The van der Waals surface area contributed by atoms with Crippen molar-refractivity contribution in [2.75, 3.05) is 25.4 Å². The van der Waals surface area contributed by atoms with Gasteiger partial charge in [-0.2, -0.15) is 0 Å². The average Bonchev–Trinajstić information content (AvgIpc) is 2.83. The third-order valence-electron chi connectivity index (χ3n) is 5.66. The van der Waals surface area contributed by atoms with Crippen molar-refractivity contribution in [2.45, 2.75) is 24.9 Å². The number of carboxylic acid groups (broad SMARTS) is 1. The predicted molar refractivity (Wildman–Crippen MR) is 124 cm³/mol. The summed E-state index contributed by atoms with van der Waals surface area (Å²) in [5, 5.41) is 12.0. The van der Waals surface area contributed by atoms with E-state index in [1.807, 2.05) is 13.0 Å². The number of rotatable bonds is 7. The fraction of sp³-hybridized carbons (Fsp3) is 0.333. The Morgan fingerprint density at radius 3 is 2.48 bits per heavy atom. The number of carboxylic acids is 1. The molecule has 0 saturated carbocycles. The van der Waals surface area contributed by atoms with Crippen LogP contribution in [0.15, 0.2) is 58.5 Å². The van der Waals surface area contributed by atoms with E-state index in [9.17, 15) is 19.5 Å². The molecule has 3 aromatic rings. The van der Waals surface area contributed by atoms with Crippen LogP contribution in [0.2, 0.25) is 0 Å². The molecule has 0 aliphatic carbocycles. The number of likely N-dealkylation sites (tertiary alicyclic amines) is 1. The van der Waals surface area contributed by atoms with E-state index < -0.39 is 11.9 Å². The van der Waals surface area contributed by atoms with Crippen LogP contribution in [-0.4, -0.2) is 51.8 Å². The number of hydrogen-bond acceptors (Lipinski definition) is 7. The number of benzene rings is 2. The van der Waals surface area contributed by atoms with Gasteiger partial charge < -0.3 is 19.5 Å². The number of ether oxygens (including phenoxy) is 1. The highest BCUT2D eigenvalue weighted by Gasteiger charge is 2.24. The second kappa shape index (κ2) is 10.1. The van der Waals surface area contributed by atoms with Gasteiger partial charge in [-0.1, -0.05) is 23.9 Å². The van der Waals surface area contributed by atoms with Crippen molar-refractivity contribution < 1.29 is 19.4 Å². The zero-order chi connectivity index (χ0) is 23.4. The number of carbonyl (C=O) groups is 2. The Balaban J connectivity index is 1.60. The van der Waals surface area contributed by atoms with Gasteiger partial charge in [-0.3, -0.25) is 14.2 Å². The van der Waals surface area contributed by atoms with Crippen LogP contribution >= 0.6 is 11.8 Å². The molecule has 0 atom stereocenters. The minimum Gasteiger partial charge on any atom is -0.550 e. The highest BCUT2D eigenvalue weighted by Crippen LogP contribution is 2.24. The van der Waals surface area contributed by atoms with Crippen molar-refractivity contribution in [3.63, 3.8) is 0 Å². The monoisotopic (exact) mass is 466 g/mol. The number of hydrogen-bond donors (Lipinski definition) is 0. The van der Waals surface area contributed by atoms with Crippen molar-refractivity contribution in [3.8, 4) is 11.4 Å². The summed E-state index contributed by atoms with van der Waals surface area (Å²) in [7, 11) is 0. The topological polar surface area (TPSA) is 105 Å². The number of amides is 1. The Labute approximate surface area is 195 Å². The van der Waals surface area contributed by atoms with Gasteiger partial charge in [0, 0.05) is 25.0 Å². The lowest BCUT2D eigenvalue weighted by Gasteiger charge is -2.32. The number of carbonyl (C=O) groups excluding carboxylic acids is 2. The first-order valence-corrected chi connectivity index (χ1v) is 11.8. The summed E-state index contributed by atoms with van der Waals surface area (Å²) in [4.78, 5) is 43.5. The minimum atomic E-state index is -1.06. The van der Waals surface area contributed by atoms with Crippen molar-refractivity contribution in [2.24, 2.45) is 5.92 Å². The Hall–Kier alpha value is -3.33. The van der Waals surface area contributed by atoms with Crippen LogP contribution in [0, 0.1) is 5.92 Å². The molecule has 33 heavy (non-hydrogen) atoms. The molecule has 2 aromatic carbocycles. The van der Waals surface area contributed by atoms with E-state index in [2.05, 4.69) is 4.98 Å².